The van der Waals surface area contributed by atoms with Gasteiger partial charge in [-0.3, -0.25) is 15.4 Å². The molecule has 4 aromatic rings. The lowest BCUT2D eigenvalue weighted by atomic mass is 10.0. The number of anilines is 2. The van der Waals surface area contributed by atoms with E-state index in [4.69, 9.17) is 9.15 Å². The standard InChI is InChI=1S/C18H16N4O4S/c1-9(2)10-4-5-14-12(6-10)19-17(26-14)21-18-20-16-13(22(23)24)7-11(25-3)8-15(16)27-18/h4-9H,1-3H3,(H,19,20,21). The Balaban J connectivity index is 1.72. The molecule has 0 aliphatic heterocycles. The van der Waals surface area contributed by atoms with Crippen LogP contribution in [-0.4, -0.2) is 22.0 Å². The van der Waals surface area contributed by atoms with E-state index >= 15 is 0 Å². The third-order valence-corrected chi connectivity index (χ3v) is 5.09. The van der Waals surface area contributed by atoms with Gasteiger partial charge in [0.05, 0.1) is 22.8 Å². The number of non-ortho nitro benzene ring substituents is 1. The summed E-state index contributed by atoms with van der Waals surface area (Å²) in [5, 5.41) is 14.8. The van der Waals surface area contributed by atoms with E-state index in [1.54, 1.807) is 6.07 Å². The minimum absolute atomic E-state index is 0.104. The predicted octanol–water partition coefficient (Wildman–Crippen LogP) is 5.22. The molecule has 0 saturated heterocycles. The maximum Gasteiger partial charge on any atom is 0.302 e. The van der Waals surface area contributed by atoms with Crippen molar-refractivity contribution >= 4 is 49.5 Å². The molecule has 8 nitrogen and oxygen atoms in total. The van der Waals surface area contributed by atoms with Gasteiger partial charge >= 0.3 is 6.01 Å². The van der Waals surface area contributed by atoms with Crippen LogP contribution in [0.1, 0.15) is 25.3 Å². The highest BCUT2D eigenvalue weighted by molar-refractivity contribution is 7.22. The molecule has 0 saturated carbocycles. The van der Waals surface area contributed by atoms with Gasteiger partial charge in [-0.1, -0.05) is 31.3 Å². The first-order valence-electron chi connectivity index (χ1n) is 8.25. The summed E-state index contributed by atoms with van der Waals surface area (Å²) < 4.78 is 11.5. The van der Waals surface area contributed by atoms with Gasteiger partial charge in [0.1, 0.15) is 11.3 Å². The molecular formula is C18H16N4O4S. The smallest absolute Gasteiger partial charge is 0.302 e. The highest BCUT2D eigenvalue weighted by atomic mass is 32.1. The molecule has 0 amide bonds. The average Bonchev–Trinajstić information content (AvgIpc) is 3.22. The molecule has 0 radical (unpaired) electrons. The van der Waals surface area contributed by atoms with Crippen molar-refractivity contribution in [3.05, 3.63) is 46.0 Å². The zero-order valence-electron chi connectivity index (χ0n) is 14.8. The average molecular weight is 384 g/mol. The highest BCUT2D eigenvalue weighted by Gasteiger charge is 2.20. The second-order valence-electron chi connectivity index (χ2n) is 6.30. The second-order valence-corrected chi connectivity index (χ2v) is 7.33. The van der Waals surface area contributed by atoms with Gasteiger partial charge in [-0.2, -0.15) is 4.98 Å². The number of hydrogen-bond acceptors (Lipinski definition) is 8. The Kier molecular flexibility index (Phi) is 4.15. The van der Waals surface area contributed by atoms with E-state index in [-0.39, 0.29) is 5.69 Å². The number of nitrogens with zero attached hydrogens (tertiary/aromatic N) is 3. The molecule has 2 aromatic carbocycles. The number of rotatable bonds is 5. The second kappa shape index (κ2) is 6.51. The van der Waals surface area contributed by atoms with Crippen molar-refractivity contribution in [1.82, 2.24) is 9.97 Å². The van der Waals surface area contributed by atoms with Crippen LogP contribution in [0.4, 0.5) is 16.8 Å². The number of oxazole rings is 1. The third kappa shape index (κ3) is 3.17. The lowest BCUT2D eigenvalue weighted by molar-refractivity contribution is -0.383. The summed E-state index contributed by atoms with van der Waals surface area (Å²) in [4.78, 5) is 19.6. The molecule has 1 N–H and O–H groups in total. The summed E-state index contributed by atoms with van der Waals surface area (Å²) in [6.07, 6.45) is 0. The largest absolute Gasteiger partial charge is 0.496 e. The first-order valence-corrected chi connectivity index (χ1v) is 9.06. The van der Waals surface area contributed by atoms with Gasteiger partial charge in [-0.25, -0.2) is 4.98 Å². The van der Waals surface area contributed by atoms with E-state index < -0.39 is 4.92 Å². The summed E-state index contributed by atoms with van der Waals surface area (Å²) in [6, 6.07) is 9.25. The van der Waals surface area contributed by atoms with Crippen molar-refractivity contribution in [2.45, 2.75) is 19.8 Å². The third-order valence-electron chi connectivity index (χ3n) is 4.17. The van der Waals surface area contributed by atoms with Gasteiger partial charge in [0.25, 0.3) is 5.69 Å². The number of methoxy groups -OCH3 is 1. The highest BCUT2D eigenvalue weighted by Crippen LogP contribution is 2.37. The van der Waals surface area contributed by atoms with Crippen LogP contribution in [0.2, 0.25) is 0 Å². The number of aromatic nitrogens is 2. The number of ether oxygens (including phenoxy) is 1. The number of thiazole rings is 1. The number of hydrogen-bond donors (Lipinski definition) is 1. The summed E-state index contributed by atoms with van der Waals surface area (Å²) >= 11 is 1.26. The van der Waals surface area contributed by atoms with Crippen molar-refractivity contribution in [2.75, 3.05) is 12.4 Å². The maximum atomic E-state index is 11.3. The van der Waals surface area contributed by atoms with Crippen molar-refractivity contribution in [1.29, 1.82) is 0 Å². The van der Waals surface area contributed by atoms with Crippen LogP contribution in [0.3, 0.4) is 0 Å². The molecule has 0 spiro atoms. The minimum atomic E-state index is -0.471. The molecule has 27 heavy (non-hydrogen) atoms. The first kappa shape index (κ1) is 17.2. The Bertz CT molecular complexity index is 1170. The molecule has 138 valence electrons. The Hall–Kier alpha value is -3.20. The Morgan fingerprint density at radius 3 is 2.78 bits per heavy atom. The zero-order chi connectivity index (χ0) is 19.1. The van der Waals surface area contributed by atoms with E-state index in [0.717, 1.165) is 5.52 Å². The Morgan fingerprint density at radius 2 is 2.07 bits per heavy atom. The Labute approximate surface area is 158 Å². The monoisotopic (exact) mass is 384 g/mol. The van der Waals surface area contributed by atoms with E-state index in [0.29, 0.717) is 38.6 Å². The lowest BCUT2D eigenvalue weighted by Crippen LogP contribution is -1.92. The van der Waals surface area contributed by atoms with Gasteiger partial charge in [0.2, 0.25) is 0 Å². The lowest BCUT2D eigenvalue weighted by Gasteiger charge is -2.02. The van der Waals surface area contributed by atoms with Crippen molar-refractivity contribution in [2.24, 2.45) is 0 Å². The van der Waals surface area contributed by atoms with E-state index in [1.807, 2.05) is 18.2 Å². The predicted molar refractivity (Wildman–Crippen MR) is 104 cm³/mol. The van der Waals surface area contributed by atoms with Crippen LogP contribution in [0, 0.1) is 10.1 Å². The van der Waals surface area contributed by atoms with Gasteiger partial charge in [0, 0.05) is 6.07 Å². The molecule has 9 heteroatoms. The maximum absolute atomic E-state index is 11.3. The Morgan fingerprint density at radius 1 is 1.26 bits per heavy atom. The SMILES string of the molecule is COc1cc([N+](=O)[O-])c2nc(Nc3nc4cc(C(C)C)ccc4o3)sc2c1. The molecule has 0 fully saturated rings. The summed E-state index contributed by atoms with van der Waals surface area (Å²) in [7, 11) is 1.47. The van der Waals surface area contributed by atoms with Crippen LogP contribution < -0.4 is 10.1 Å². The van der Waals surface area contributed by atoms with Gasteiger partial charge in [0.15, 0.2) is 16.2 Å². The fourth-order valence-electron chi connectivity index (χ4n) is 2.75. The number of nitro groups is 1. The van der Waals surface area contributed by atoms with Crippen molar-refractivity contribution in [3.8, 4) is 5.75 Å². The first-order chi connectivity index (χ1) is 12.9. The normalized spacial score (nSPS) is 11.4. The minimum Gasteiger partial charge on any atom is -0.496 e. The van der Waals surface area contributed by atoms with Crippen molar-refractivity contribution < 1.29 is 14.1 Å². The van der Waals surface area contributed by atoms with Gasteiger partial charge < -0.3 is 9.15 Å². The number of nitrogens with one attached hydrogen (secondary N) is 1. The van der Waals surface area contributed by atoms with Crippen LogP contribution in [0.25, 0.3) is 21.3 Å². The molecular weight excluding hydrogens is 368 g/mol. The molecule has 0 aliphatic carbocycles. The zero-order valence-corrected chi connectivity index (χ0v) is 15.7. The quantitative estimate of drug-likeness (QED) is 0.371. The van der Waals surface area contributed by atoms with E-state index in [9.17, 15) is 10.1 Å². The van der Waals surface area contributed by atoms with Crippen LogP contribution in [-0.2, 0) is 0 Å². The van der Waals surface area contributed by atoms with Crippen molar-refractivity contribution in [3.63, 3.8) is 0 Å². The van der Waals surface area contributed by atoms with E-state index in [2.05, 4.69) is 29.1 Å². The molecule has 0 aliphatic rings. The van der Waals surface area contributed by atoms with Crippen LogP contribution in [0.15, 0.2) is 34.7 Å². The molecule has 2 aromatic heterocycles. The number of fused-ring (bicyclic) bond motifs is 2. The fraction of sp³-hybridized carbons (Fsp3) is 0.222. The summed E-state index contributed by atoms with van der Waals surface area (Å²) in [6.45, 7) is 4.23. The van der Waals surface area contributed by atoms with Gasteiger partial charge in [-0.05, 0) is 23.6 Å². The molecule has 0 bridgehead atoms. The molecule has 0 unspecified atom stereocenters. The van der Waals surface area contributed by atoms with E-state index in [1.165, 1.54) is 30.1 Å². The topological polar surface area (TPSA) is 103 Å². The number of nitro benzene ring substituents is 1. The van der Waals surface area contributed by atoms with Gasteiger partial charge in [-0.15, -0.1) is 0 Å². The van der Waals surface area contributed by atoms with Crippen LogP contribution in [0.5, 0.6) is 5.75 Å². The molecule has 2 heterocycles. The summed E-state index contributed by atoms with van der Waals surface area (Å²) in [5.74, 6) is 0.801. The molecule has 0 atom stereocenters. The number of benzene rings is 2. The van der Waals surface area contributed by atoms with Crippen LogP contribution >= 0.6 is 11.3 Å². The molecule has 4 rings (SSSR count). The fourth-order valence-corrected chi connectivity index (χ4v) is 3.65. The summed E-state index contributed by atoms with van der Waals surface area (Å²) in [5.41, 5.74) is 2.78.